The molecule has 29 heavy (non-hydrogen) atoms. The van der Waals surface area contributed by atoms with Gasteiger partial charge in [0.05, 0.1) is 0 Å². The van der Waals surface area contributed by atoms with Gasteiger partial charge in [-0.1, -0.05) is 54.6 Å². The molecule has 3 rings (SSSR count). The normalized spacial score (nSPS) is 10.3. The third-order valence-electron chi connectivity index (χ3n) is 4.46. The van der Waals surface area contributed by atoms with Gasteiger partial charge in [0.2, 0.25) is 0 Å². The van der Waals surface area contributed by atoms with Gasteiger partial charge in [0.15, 0.2) is 6.61 Å². The maximum Gasteiger partial charge on any atom is 0.259 e. The molecule has 0 heterocycles. The second-order valence-electron chi connectivity index (χ2n) is 6.88. The van der Waals surface area contributed by atoms with Crippen LogP contribution in [0.1, 0.15) is 21.5 Å². The minimum absolute atomic E-state index is 0.0714. The van der Waals surface area contributed by atoms with Crippen molar-refractivity contribution in [2.24, 2.45) is 0 Å². The summed E-state index contributed by atoms with van der Waals surface area (Å²) in [5, 5.41) is 2.99. The first kappa shape index (κ1) is 20.1. The SMILES string of the molecule is CN(C)C(=O)COc1cccc(C(=O)Nc2ccccc2Cc2ccccc2)c1. The number of carbonyl (C=O) groups is 2. The fourth-order valence-electron chi connectivity index (χ4n) is 2.81. The topological polar surface area (TPSA) is 58.6 Å². The number of rotatable bonds is 7. The molecule has 3 aromatic rings. The molecule has 0 atom stereocenters. The quantitative estimate of drug-likeness (QED) is 0.666. The van der Waals surface area contributed by atoms with E-state index in [9.17, 15) is 9.59 Å². The smallest absolute Gasteiger partial charge is 0.259 e. The number of ether oxygens (including phenoxy) is 1. The minimum Gasteiger partial charge on any atom is -0.484 e. The molecule has 0 bridgehead atoms. The highest BCUT2D eigenvalue weighted by Crippen LogP contribution is 2.21. The molecule has 0 unspecified atom stereocenters. The van der Waals surface area contributed by atoms with E-state index < -0.39 is 0 Å². The van der Waals surface area contributed by atoms with Crippen molar-refractivity contribution in [2.45, 2.75) is 6.42 Å². The Kier molecular flexibility index (Phi) is 6.63. The van der Waals surface area contributed by atoms with Crippen LogP contribution in [-0.4, -0.2) is 37.4 Å². The molecule has 0 aliphatic heterocycles. The lowest BCUT2D eigenvalue weighted by molar-refractivity contribution is -0.130. The fourth-order valence-corrected chi connectivity index (χ4v) is 2.81. The number of hydrogen-bond donors (Lipinski definition) is 1. The lowest BCUT2D eigenvalue weighted by atomic mass is 10.0. The van der Waals surface area contributed by atoms with Gasteiger partial charge >= 0.3 is 0 Å². The molecule has 2 amide bonds. The Hall–Kier alpha value is -3.60. The third kappa shape index (κ3) is 5.69. The Morgan fingerprint density at radius 1 is 0.897 bits per heavy atom. The second kappa shape index (κ2) is 9.55. The number of carbonyl (C=O) groups excluding carboxylic acids is 2. The number of nitrogens with one attached hydrogen (secondary N) is 1. The van der Waals surface area contributed by atoms with E-state index in [2.05, 4.69) is 17.4 Å². The van der Waals surface area contributed by atoms with E-state index >= 15 is 0 Å². The van der Waals surface area contributed by atoms with Crippen molar-refractivity contribution in [2.75, 3.05) is 26.0 Å². The first-order valence-corrected chi connectivity index (χ1v) is 9.39. The van der Waals surface area contributed by atoms with Gasteiger partial charge in [-0.05, 0) is 41.8 Å². The highest BCUT2D eigenvalue weighted by Gasteiger charge is 2.11. The van der Waals surface area contributed by atoms with E-state index in [1.54, 1.807) is 38.4 Å². The number of anilines is 1. The van der Waals surface area contributed by atoms with Crippen molar-refractivity contribution in [1.82, 2.24) is 4.90 Å². The summed E-state index contributed by atoms with van der Waals surface area (Å²) in [6.45, 7) is -0.0714. The molecule has 0 fully saturated rings. The molecular formula is C24H24N2O3. The van der Waals surface area contributed by atoms with Crippen LogP contribution in [0.2, 0.25) is 0 Å². The van der Waals surface area contributed by atoms with Crippen LogP contribution in [-0.2, 0) is 11.2 Å². The van der Waals surface area contributed by atoms with E-state index in [0.29, 0.717) is 11.3 Å². The molecule has 0 saturated carbocycles. The van der Waals surface area contributed by atoms with E-state index in [0.717, 1.165) is 17.7 Å². The standard InChI is InChI=1S/C24H24N2O3/c1-26(2)23(27)17-29-21-13-8-12-20(16-21)24(28)25-22-14-7-6-11-19(22)15-18-9-4-3-5-10-18/h3-14,16H,15,17H2,1-2H3,(H,25,28). The summed E-state index contributed by atoms with van der Waals surface area (Å²) in [6.07, 6.45) is 0.729. The number of nitrogens with zero attached hydrogens (tertiary/aromatic N) is 1. The summed E-state index contributed by atoms with van der Waals surface area (Å²) in [7, 11) is 3.34. The largest absolute Gasteiger partial charge is 0.484 e. The Balaban J connectivity index is 1.71. The minimum atomic E-state index is -0.227. The zero-order valence-electron chi connectivity index (χ0n) is 16.6. The zero-order chi connectivity index (χ0) is 20.6. The molecule has 0 aliphatic carbocycles. The lowest BCUT2D eigenvalue weighted by Gasteiger charge is -2.13. The molecule has 0 saturated heterocycles. The maximum absolute atomic E-state index is 12.8. The molecule has 0 aliphatic rings. The highest BCUT2D eigenvalue weighted by atomic mass is 16.5. The molecule has 0 spiro atoms. The van der Waals surface area contributed by atoms with Gasteiger partial charge in [-0.25, -0.2) is 0 Å². The Morgan fingerprint density at radius 3 is 2.38 bits per heavy atom. The van der Waals surface area contributed by atoms with Crippen molar-refractivity contribution >= 4 is 17.5 Å². The summed E-state index contributed by atoms with van der Waals surface area (Å²) in [6, 6.07) is 24.7. The van der Waals surface area contributed by atoms with Crippen LogP contribution in [0.4, 0.5) is 5.69 Å². The summed E-state index contributed by atoms with van der Waals surface area (Å²) in [5.74, 6) is 0.106. The summed E-state index contributed by atoms with van der Waals surface area (Å²) < 4.78 is 5.50. The fraction of sp³-hybridized carbons (Fsp3) is 0.167. The number of likely N-dealkylation sites (N-methyl/N-ethyl adjacent to an activating group) is 1. The molecule has 1 N–H and O–H groups in total. The van der Waals surface area contributed by atoms with Gasteiger partial charge in [0, 0.05) is 25.3 Å². The predicted molar refractivity (Wildman–Crippen MR) is 114 cm³/mol. The molecule has 0 aromatic heterocycles. The van der Waals surface area contributed by atoms with E-state index in [-0.39, 0.29) is 18.4 Å². The van der Waals surface area contributed by atoms with Crippen molar-refractivity contribution in [3.05, 3.63) is 95.6 Å². The van der Waals surface area contributed by atoms with Gasteiger partial charge in [0.25, 0.3) is 11.8 Å². The van der Waals surface area contributed by atoms with Crippen LogP contribution in [0.5, 0.6) is 5.75 Å². The third-order valence-corrected chi connectivity index (χ3v) is 4.46. The summed E-state index contributed by atoms with van der Waals surface area (Å²) >= 11 is 0. The van der Waals surface area contributed by atoms with Gasteiger partial charge in [-0.3, -0.25) is 9.59 Å². The van der Waals surface area contributed by atoms with E-state index in [1.807, 2.05) is 42.5 Å². The Labute approximate surface area is 170 Å². The van der Waals surface area contributed by atoms with Crippen LogP contribution in [0.15, 0.2) is 78.9 Å². The average molecular weight is 388 g/mol. The monoisotopic (exact) mass is 388 g/mol. The van der Waals surface area contributed by atoms with E-state index in [1.165, 1.54) is 10.5 Å². The van der Waals surface area contributed by atoms with Gasteiger partial charge in [-0.2, -0.15) is 0 Å². The molecule has 5 nitrogen and oxygen atoms in total. The van der Waals surface area contributed by atoms with Gasteiger partial charge in [0.1, 0.15) is 5.75 Å². The molecular weight excluding hydrogens is 364 g/mol. The maximum atomic E-state index is 12.8. The molecule has 0 radical (unpaired) electrons. The van der Waals surface area contributed by atoms with Gasteiger partial charge in [-0.15, -0.1) is 0 Å². The van der Waals surface area contributed by atoms with Crippen LogP contribution in [0, 0.1) is 0 Å². The number of benzene rings is 3. The lowest BCUT2D eigenvalue weighted by Crippen LogP contribution is -2.27. The first-order valence-electron chi connectivity index (χ1n) is 9.39. The highest BCUT2D eigenvalue weighted by molar-refractivity contribution is 6.04. The summed E-state index contributed by atoms with van der Waals surface area (Å²) in [4.78, 5) is 25.9. The van der Waals surface area contributed by atoms with E-state index in [4.69, 9.17) is 4.74 Å². The van der Waals surface area contributed by atoms with Crippen LogP contribution < -0.4 is 10.1 Å². The number of hydrogen-bond acceptors (Lipinski definition) is 3. The number of para-hydroxylation sites is 1. The Morgan fingerprint density at radius 2 is 1.62 bits per heavy atom. The van der Waals surface area contributed by atoms with Crippen molar-refractivity contribution in [3.63, 3.8) is 0 Å². The van der Waals surface area contributed by atoms with Crippen LogP contribution >= 0.6 is 0 Å². The van der Waals surface area contributed by atoms with Crippen LogP contribution in [0.25, 0.3) is 0 Å². The molecule has 148 valence electrons. The average Bonchev–Trinajstić information content (AvgIpc) is 2.74. The van der Waals surface area contributed by atoms with Crippen molar-refractivity contribution in [3.8, 4) is 5.75 Å². The molecule has 5 heteroatoms. The van der Waals surface area contributed by atoms with Crippen molar-refractivity contribution < 1.29 is 14.3 Å². The number of amides is 2. The van der Waals surface area contributed by atoms with Gasteiger partial charge < -0.3 is 15.0 Å². The van der Waals surface area contributed by atoms with Crippen LogP contribution in [0.3, 0.4) is 0 Å². The predicted octanol–water partition coefficient (Wildman–Crippen LogP) is 4.00. The molecule has 3 aromatic carbocycles. The Bertz CT molecular complexity index is 984. The first-order chi connectivity index (χ1) is 14.0. The zero-order valence-corrected chi connectivity index (χ0v) is 16.6. The summed E-state index contributed by atoms with van der Waals surface area (Å²) in [5.41, 5.74) is 3.45. The second-order valence-corrected chi connectivity index (χ2v) is 6.88. The van der Waals surface area contributed by atoms with Crippen molar-refractivity contribution in [1.29, 1.82) is 0 Å².